The quantitative estimate of drug-likeness (QED) is 0.502. The molecule has 0 spiro atoms. The second-order valence-corrected chi connectivity index (χ2v) is 5.51. The molecular weight excluding hydrogens is 391 g/mol. The third kappa shape index (κ3) is 4.49. The number of hydrogen-bond acceptors (Lipinski definition) is 2. The molecule has 0 radical (unpaired) electrons. The number of hydrogen-bond donors (Lipinski definition) is 0. The van der Waals surface area contributed by atoms with Crippen LogP contribution in [0.3, 0.4) is 0 Å². The van der Waals surface area contributed by atoms with Crippen LogP contribution in [0.4, 0.5) is 4.39 Å². The first kappa shape index (κ1) is 15.3. The number of halogens is 3. The third-order valence-electron chi connectivity index (χ3n) is 2.59. The number of benzene rings is 2. The van der Waals surface area contributed by atoms with E-state index in [2.05, 4.69) is 31.9 Å². The second-order valence-electron chi connectivity index (χ2n) is 4.04. The summed E-state index contributed by atoms with van der Waals surface area (Å²) >= 11 is 6.68. The maximum absolute atomic E-state index is 13.1. The van der Waals surface area contributed by atoms with Crippen molar-refractivity contribution in [2.75, 3.05) is 13.2 Å². The Morgan fingerprint density at radius 1 is 0.950 bits per heavy atom. The molecule has 0 heterocycles. The Morgan fingerprint density at radius 3 is 2.35 bits per heavy atom. The molecule has 5 heteroatoms. The summed E-state index contributed by atoms with van der Waals surface area (Å²) in [7, 11) is 0. The molecule has 2 aromatic rings. The molecule has 0 fully saturated rings. The van der Waals surface area contributed by atoms with E-state index in [1.54, 1.807) is 6.07 Å². The maximum Gasteiger partial charge on any atom is 0.123 e. The fraction of sp³-hybridized carbons (Fsp3) is 0.200. The molecule has 0 aliphatic carbocycles. The van der Waals surface area contributed by atoms with Crippen molar-refractivity contribution < 1.29 is 13.9 Å². The summed E-state index contributed by atoms with van der Waals surface area (Å²) in [5, 5.41) is 0.549. The van der Waals surface area contributed by atoms with Gasteiger partial charge in [0, 0.05) is 15.4 Å². The van der Waals surface area contributed by atoms with Gasteiger partial charge in [0.05, 0.1) is 0 Å². The molecule has 0 atom stereocenters. The number of rotatable bonds is 6. The lowest BCUT2D eigenvalue weighted by atomic mass is 10.2. The summed E-state index contributed by atoms with van der Waals surface area (Å²) in [6.07, 6.45) is 0. The Bertz CT molecular complexity index is 558. The van der Waals surface area contributed by atoms with E-state index in [1.807, 2.05) is 24.3 Å². The normalized spacial score (nSPS) is 10.3. The first-order valence-corrected chi connectivity index (χ1v) is 7.96. The molecule has 0 aliphatic rings. The summed E-state index contributed by atoms with van der Waals surface area (Å²) in [5.74, 6) is 1.19. The number of ether oxygens (including phenoxy) is 2. The van der Waals surface area contributed by atoms with Crippen LogP contribution in [0.2, 0.25) is 0 Å². The van der Waals surface area contributed by atoms with Gasteiger partial charge in [-0.05, 0) is 42.5 Å². The van der Waals surface area contributed by atoms with Crippen molar-refractivity contribution in [2.45, 2.75) is 5.33 Å². The van der Waals surface area contributed by atoms with E-state index in [0.29, 0.717) is 24.3 Å². The summed E-state index contributed by atoms with van der Waals surface area (Å²) in [6.45, 7) is 0.836. The van der Waals surface area contributed by atoms with Crippen LogP contribution >= 0.6 is 31.9 Å². The average molecular weight is 404 g/mol. The summed E-state index contributed by atoms with van der Waals surface area (Å²) in [4.78, 5) is 0. The van der Waals surface area contributed by atoms with Gasteiger partial charge >= 0.3 is 0 Å². The summed E-state index contributed by atoms with van der Waals surface area (Å²) < 4.78 is 25.2. The largest absolute Gasteiger partial charge is 0.490 e. The highest BCUT2D eigenvalue weighted by atomic mass is 79.9. The molecule has 2 aromatic carbocycles. The van der Waals surface area contributed by atoms with Crippen LogP contribution in [0, 0.1) is 5.82 Å². The van der Waals surface area contributed by atoms with Gasteiger partial charge in [0.15, 0.2) is 0 Å². The topological polar surface area (TPSA) is 18.5 Å². The minimum absolute atomic E-state index is 0.266. The van der Waals surface area contributed by atoms with Gasteiger partial charge in [-0.2, -0.15) is 0 Å². The lowest BCUT2D eigenvalue weighted by Gasteiger charge is -2.11. The van der Waals surface area contributed by atoms with Gasteiger partial charge < -0.3 is 9.47 Å². The molecule has 0 aliphatic heterocycles. The molecule has 0 saturated carbocycles. The highest BCUT2D eigenvalue weighted by molar-refractivity contribution is 9.10. The molecule has 20 heavy (non-hydrogen) atoms. The molecule has 0 bridgehead atoms. The lowest BCUT2D eigenvalue weighted by molar-refractivity contribution is 0.216. The zero-order valence-corrected chi connectivity index (χ0v) is 13.8. The van der Waals surface area contributed by atoms with E-state index in [0.717, 1.165) is 15.8 Å². The van der Waals surface area contributed by atoms with Crippen LogP contribution in [0.1, 0.15) is 5.56 Å². The van der Waals surface area contributed by atoms with Crippen LogP contribution in [0.5, 0.6) is 11.5 Å². The van der Waals surface area contributed by atoms with Crippen molar-refractivity contribution >= 4 is 31.9 Å². The molecule has 106 valence electrons. The zero-order valence-electron chi connectivity index (χ0n) is 10.6. The zero-order chi connectivity index (χ0) is 14.4. The highest BCUT2D eigenvalue weighted by Crippen LogP contribution is 2.22. The van der Waals surface area contributed by atoms with E-state index < -0.39 is 0 Å². The first-order valence-electron chi connectivity index (χ1n) is 6.04. The monoisotopic (exact) mass is 402 g/mol. The Balaban J connectivity index is 1.82. The van der Waals surface area contributed by atoms with Crippen LogP contribution in [0.15, 0.2) is 46.9 Å². The smallest absolute Gasteiger partial charge is 0.123 e. The Morgan fingerprint density at radius 2 is 1.65 bits per heavy atom. The Hall–Kier alpha value is -1.07. The van der Waals surface area contributed by atoms with Crippen LogP contribution < -0.4 is 9.47 Å². The molecule has 0 saturated heterocycles. The predicted octanol–water partition coefficient (Wildman–Crippen LogP) is 4.94. The summed E-state index contributed by atoms with van der Waals surface area (Å²) in [6, 6.07) is 12.1. The fourth-order valence-corrected chi connectivity index (χ4v) is 2.34. The van der Waals surface area contributed by atoms with E-state index >= 15 is 0 Å². The van der Waals surface area contributed by atoms with Crippen molar-refractivity contribution in [2.24, 2.45) is 0 Å². The van der Waals surface area contributed by atoms with Crippen molar-refractivity contribution in [3.05, 3.63) is 58.3 Å². The van der Waals surface area contributed by atoms with Crippen LogP contribution in [0.25, 0.3) is 0 Å². The van der Waals surface area contributed by atoms with Crippen molar-refractivity contribution in [3.8, 4) is 11.5 Å². The molecule has 0 N–H and O–H groups in total. The Kier molecular flexibility index (Phi) is 5.86. The standard InChI is InChI=1S/C15H13Br2FO2/c16-10-11-9-13(18)3-6-15(11)20-8-7-19-14-4-1-12(17)2-5-14/h1-6,9H,7-8,10H2. The highest BCUT2D eigenvalue weighted by Gasteiger charge is 2.04. The van der Waals surface area contributed by atoms with Gasteiger partial charge in [-0.15, -0.1) is 0 Å². The van der Waals surface area contributed by atoms with Gasteiger partial charge in [-0.25, -0.2) is 4.39 Å². The summed E-state index contributed by atoms with van der Waals surface area (Å²) in [5.41, 5.74) is 0.786. The van der Waals surface area contributed by atoms with Gasteiger partial charge in [0.25, 0.3) is 0 Å². The molecule has 2 rings (SSSR count). The van der Waals surface area contributed by atoms with E-state index in [9.17, 15) is 4.39 Å². The van der Waals surface area contributed by atoms with E-state index in [-0.39, 0.29) is 5.82 Å². The molecule has 0 unspecified atom stereocenters. The van der Waals surface area contributed by atoms with Crippen molar-refractivity contribution in [3.63, 3.8) is 0 Å². The van der Waals surface area contributed by atoms with Crippen LogP contribution in [-0.4, -0.2) is 13.2 Å². The lowest BCUT2D eigenvalue weighted by Crippen LogP contribution is -2.09. The minimum atomic E-state index is -0.266. The van der Waals surface area contributed by atoms with Crippen molar-refractivity contribution in [1.82, 2.24) is 0 Å². The van der Waals surface area contributed by atoms with Crippen LogP contribution in [-0.2, 0) is 5.33 Å². The average Bonchev–Trinajstić information content (AvgIpc) is 2.46. The van der Waals surface area contributed by atoms with Gasteiger partial charge in [-0.3, -0.25) is 0 Å². The van der Waals surface area contributed by atoms with Crippen molar-refractivity contribution in [1.29, 1.82) is 0 Å². The second kappa shape index (κ2) is 7.64. The Labute approximate surface area is 134 Å². The van der Waals surface area contributed by atoms with E-state index in [1.165, 1.54) is 12.1 Å². The molecular formula is C15H13Br2FO2. The third-order valence-corrected chi connectivity index (χ3v) is 3.72. The molecule has 0 aromatic heterocycles. The first-order chi connectivity index (χ1) is 9.69. The van der Waals surface area contributed by atoms with E-state index in [4.69, 9.17) is 9.47 Å². The SMILES string of the molecule is Fc1ccc(OCCOc2ccc(Br)cc2)c(CBr)c1. The molecule has 2 nitrogen and oxygen atoms in total. The van der Waals surface area contributed by atoms with Gasteiger partial charge in [0.1, 0.15) is 30.5 Å². The molecule has 0 amide bonds. The predicted molar refractivity (Wildman–Crippen MR) is 84.2 cm³/mol. The van der Waals surface area contributed by atoms with Gasteiger partial charge in [-0.1, -0.05) is 31.9 Å². The fourth-order valence-electron chi connectivity index (χ4n) is 1.64. The van der Waals surface area contributed by atoms with Gasteiger partial charge in [0.2, 0.25) is 0 Å². The number of alkyl halides is 1. The minimum Gasteiger partial charge on any atom is -0.490 e. The maximum atomic E-state index is 13.1.